The number of rotatable bonds is 4. The molecule has 6 heteroatoms. The van der Waals surface area contributed by atoms with Crippen molar-refractivity contribution in [2.24, 2.45) is 0 Å². The van der Waals surface area contributed by atoms with Gasteiger partial charge in [0.15, 0.2) is 5.82 Å². The van der Waals surface area contributed by atoms with E-state index in [1.807, 2.05) is 38.4 Å². The first kappa shape index (κ1) is 12.1. The van der Waals surface area contributed by atoms with E-state index in [-0.39, 0.29) is 6.04 Å². The molecule has 90 valence electrons. The van der Waals surface area contributed by atoms with Gasteiger partial charge in [-0.3, -0.25) is 0 Å². The Hall–Kier alpha value is -1.40. The number of nitrogens with zero attached hydrogens (tertiary/aromatic N) is 4. The highest BCUT2D eigenvalue weighted by molar-refractivity contribution is 7.98. The standard InChI is InChI=1S/C11H15N5S/c1-8(12-2)11-13-14-15-16(11)9-6-4-5-7-10(9)17-3/h4-8,12H,1-3H3. The van der Waals surface area contributed by atoms with Crippen molar-refractivity contribution in [3.8, 4) is 5.69 Å². The molecular weight excluding hydrogens is 234 g/mol. The molecule has 0 aliphatic carbocycles. The molecule has 1 N–H and O–H groups in total. The van der Waals surface area contributed by atoms with Crippen LogP contribution in [0, 0.1) is 0 Å². The van der Waals surface area contributed by atoms with Gasteiger partial charge in [0.25, 0.3) is 0 Å². The second kappa shape index (κ2) is 5.29. The minimum atomic E-state index is 0.111. The largest absolute Gasteiger partial charge is 0.311 e. The molecule has 1 aromatic heterocycles. The van der Waals surface area contributed by atoms with Crippen LogP contribution in [-0.4, -0.2) is 33.5 Å². The lowest BCUT2D eigenvalue weighted by Gasteiger charge is -2.12. The third-order valence-corrected chi connectivity index (χ3v) is 3.41. The van der Waals surface area contributed by atoms with Crippen LogP contribution in [0.1, 0.15) is 18.8 Å². The molecule has 5 nitrogen and oxygen atoms in total. The first-order chi connectivity index (χ1) is 8.27. The average Bonchev–Trinajstić information content (AvgIpc) is 2.86. The van der Waals surface area contributed by atoms with Crippen LogP contribution in [-0.2, 0) is 0 Å². The predicted octanol–water partition coefficient (Wildman–Crippen LogP) is 1.66. The number of para-hydroxylation sites is 1. The third kappa shape index (κ3) is 2.32. The minimum Gasteiger partial charge on any atom is -0.311 e. The zero-order valence-corrected chi connectivity index (χ0v) is 10.9. The van der Waals surface area contributed by atoms with E-state index >= 15 is 0 Å². The van der Waals surface area contributed by atoms with E-state index < -0.39 is 0 Å². The van der Waals surface area contributed by atoms with E-state index in [0.29, 0.717) is 0 Å². The quantitative estimate of drug-likeness (QED) is 0.835. The highest BCUT2D eigenvalue weighted by atomic mass is 32.2. The summed E-state index contributed by atoms with van der Waals surface area (Å²) in [6, 6.07) is 8.20. The molecule has 0 radical (unpaired) electrons. The fraction of sp³-hybridized carbons (Fsp3) is 0.364. The molecular formula is C11H15N5S. The Morgan fingerprint density at radius 1 is 1.35 bits per heavy atom. The number of aromatic nitrogens is 4. The van der Waals surface area contributed by atoms with Gasteiger partial charge in [-0.1, -0.05) is 12.1 Å². The summed E-state index contributed by atoms with van der Waals surface area (Å²) in [5, 5.41) is 15.0. The summed E-state index contributed by atoms with van der Waals surface area (Å²) in [4.78, 5) is 1.16. The Balaban J connectivity index is 2.49. The van der Waals surface area contributed by atoms with Gasteiger partial charge in [0, 0.05) is 4.90 Å². The lowest BCUT2D eigenvalue weighted by Crippen LogP contribution is -2.18. The maximum absolute atomic E-state index is 4.07. The average molecular weight is 249 g/mol. The normalized spacial score (nSPS) is 12.6. The molecule has 1 aromatic carbocycles. The third-order valence-electron chi connectivity index (χ3n) is 2.63. The molecule has 0 aliphatic heterocycles. The van der Waals surface area contributed by atoms with Crippen LogP contribution < -0.4 is 5.32 Å². The van der Waals surface area contributed by atoms with Gasteiger partial charge in [-0.05, 0) is 42.8 Å². The van der Waals surface area contributed by atoms with Crippen molar-refractivity contribution in [3.63, 3.8) is 0 Å². The number of benzene rings is 1. The first-order valence-electron chi connectivity index (χ1n) is 5.37. The summed E-state index contributed by atoms with van der Waals surface area (Å²) in [6.07, 6.45) is 2.05. The molecule has 0 saturated heterocycles. The van der Waals surface area contributed by atoms with E-state index in [0.717, 1.165) is 16.4 Å². The Kier molecular flexibility index (Phi) is 3.75. The molecule has 0 bridgehead atoms. The van der Waals surface area contributed by atoms with Gasteiger partial charge in [-0.25, -0.2) is 0 Å². The Morgan fingerprint density at radius 3 is 2.82 bits per heavy atom. The van der Waals surface area contributed by atoms with E-state index in [1.54, 1.807) is 16.4 Å². The number of tetrazole rings is 1. The van der Waals surface area contributed by atoms with Crippen molar-refractivity contribution < 1.29 is 0 Å². The van der Waals surface area contributed by atoms with Gasteiger partial charge in [0.1, 0.15) is 0 Å². The van der Waals surface area contributed by atoms with Crippen LogP contribution in [0.5, 0.6) is 0 Å². The van der Waals surface area contributed by atoms with Crippen LogP contribution in [0.4, 0.5) is 0 Å². The van der Waals surface area contributed by atoms with Gasteiger partial charge < -0.3 is 5.32 Å². The topological polar surface area (TPSA) is 55.6 Å². The van der Waals surface area contributed by atoms with E-state index in [4.69, 9.17) is 0 Å². The van der Waals surface area contributed by atoms with Crippen LogP contribution in [0.25, 0.3) is 5.69 Å². The smallest absolute Gasteiger partial charge is 0.173 e. The number of hydrogen-bond acceptors (Lipinski definition) is 5. The Labute approximate surface area is 105 Å². The van der Waals surface area contributed by atoms with Gasteiger partial charge >= 0.3 is 0 Å². The lowest BCUT2D eigenvalue weighted by atomic mass is 10.3. The van der Waals surface area contributed by atoms with Gasteiger partial charge in [0.2, 0.25) is 0 Å². The molecule has 17 heavy (non-hydrogen) atoms. The molecule has 0 amide bonds. The predicted molar refractivity (Wildman–Crippen MR) is 68.4 cm³/mol. The van der Waals surface area contributed by atoms with Gasteiger partial charge in [-0.2, -0.15) is 4.68 Å². The molecule has 1 heterocycles. The van der Waals surface area contributed by atoms with Crippen LogP contribution >= 0.6 is 11.8 Å². The molecule has 1 atom stereocenters. The number of thioether (sulfide) groups is 1. The molecule has 1 unspecified atom stereocenters. The highest BCUT2D eigenvalue weighted by Gasteiger charge is 2.15. The van der Waals surface area contributed by atoms with Crippen molar-refractivity contribution in [1.29, 1.82) is 0 Å². The first-order valence-corrected chi connectivity index (χ1v) is 6.59. The summed E-state index contributed by atoms with van der Waals surface area (Å²) in [5.41, 5.74) is 1.02. The van der Waals surface area contributed by atoms with Crippen molar-refractivity contribution in [2.45, 2.75) is 17.9 Å². The summed E-state index contributed by atoms with van der Waals surface area (Å²) in [6.45, 7) is 2.03. The maximum Gasteiger partial charge on any atom is 0.173 e. The fourth-order valence-electron chi connectivity index (χ4n) is 1.57. The molecule has 2 rings (SSSR count). The van der Waals surface area contributed by atoms with Crippen molar-refractivity contribution in [1.82, 2.24) is 25.5 Å². The molecule has 0 aliphatic rings. The summed E-state index contributed by atoms with van der Waals surface area (Å²) >= 11 is 1.68. The second-order valence-corrected chi connectivity index (χ2v) is 4.48. The van der Waals surface area contributed by atoms with E-state index in [9.17, 15) is 0 Å². The van der Waals surface area contributed by atoms with E-state index in [1.165, 1.54) is 0 Å². The molecule has 0 fully saturated rings. The molecule has 0 spiro atoms. The van der Waals surface area contributed by atoms with Crippen LogP contribution in [0.2, 0.25) is 0 Å². The second-order valence-electron chi connectivity index (χ2n) is 3.63. The van der Waals surface area contributed by atoms with Crippen LogP contribution in [0.3, 0.4) is 0 Å². The summed E-state index contributed by atoms with van der Waals surface area (Å²) in [7, 11) is 1.89. The Bertz CT molecular complexity index is 496. The van der Waals surface area contributed by atoms with Gasteiger partial charge in [-0.15, -0.1) is 16.9 Å². The van der Waals surface area contributed by atoms with E-state index in [2.05, 4.69) is 26.9 Å². The molecule has 0 saturated carbocycles. The van der Waals surface area contributed by atoms with Crippen molar-refractivity contribution >= 4 is 11.8 Å². The summed E-state index contributed by atoms with van der Waals surface area (Å²) < 4.78 is 1.78. The maximum atomic E-state index is 4.07. The zero-order valence-electron chi connectivity index (χ0n) is 10.1. The number of hydrogen-bond donors (Lipinski definition) is 1. The van der Waals surface area contributed by atoms with Crippen LogP contribution in [0.15, 0.2) is 29.2 Å². The lowest BCUT2D eigenvalue weighted by molar-refractivity contribution is 0.587. The monoisotopic (exact) mass is 249 g/mol. The van der Waals surface area contributed by atoms with Crippen molar-refractivity contribution in [2.75, 3.05) is 13.3 Å². The summed E-state index contributed by atoms with van der Waals surface area (Å²) in [5.74, 6) is 0.814. The molecule has 2 aromatic rings. The van der Waals surface area contributed by atoms with Crippen molar-refractivity contribution in [3.05, 3.63) is 30.1 Å². The minimum absolute atomic E-state index is 0.111. The Morgan fingerprint density at radius 2 is 2.12 bits per heavy atom. The highest BCUT2D eigenvalue weighted by Crippen LogP contribution is 2.24. The van der Waals surface area contributed by atoms with Gasteiger partial charge in [0.05, 0.1) is 11.7 Å². The SMILES string of the molecule is CNC(C)c1nnnn1-c1ccccc1SC. The zero-order chi connectivity index (χ0) is 12.3. The fourth-order valence-corrected chi connectivity index (χ4v) is 2.15. The number of nitrogens with one attached hydrogen (secondary N) is 1.